The van der Waals surface area contributed by atoms with Crippen molar-refractivity contribution < 1.29 is 14.3 Å². The van der Waals surface area contributed by atoms with E-state index in [0.29, 0.717) is 22.9 Å². The number of hydrogen-bond acceptors (Lipinski definition) is 5. The number of nitriles is 1. The van der Waals surface area contributed by atoms with Crippen LogP contribution in [-0.2, 0) is 22.4 Å². The summed E-state index contributed by atoms with van der Waals surface area (Å²) in [5.41, 5.74) is 5.50. The first-order valence-electron chi connectivity index (χ1n) is 12.0. The molecule has 36 heavy (non-hydrogen) atoms. The van der Waals surface area contributed by atoms with Crippen LogP contribution >= 0.6 is 22.9 Å². The highest BCUT2D eigenvalue weighted by Crippen LogP contribution is 2.39. The van der Waals surface area contributed by atoms with E-state index in [1.165, 1.54) is 4.88 Å². The first-order valence-corrected chi connectivity index (χ1v) is 13.2. The van der Waals surface area contributed by atoms with Gasteiger partial charge in [0.15, 0.2) is 0 Å². The minimum Gasteiger partial charge on any atom is -0.462 e. The van der Waals surface area contributed by atoms with E-state index in [1.807, 2.05) is 44.4 Å². The number of amides is 1. The predicted octanol–water partition coefficient (Wildman–Crippen LogP) is 6.72. The number of halogens is 1. The summed E-state index contributed by atoms with van der Waals surface area (Å²) in [7, 11) is 0. The molecule has 6 nitrogen and oxygen atoms in total. The third-order valence-electron chi connectivity index (χ3n) is 6.49. The van der Waals surface area contributed by atoms with Crippen LogP contribution in [0.15, 0.2) is 29.8 Å². The predicted molar refractivity (Wildman–Crippen MR) is 144 cm³/mol. The molecular formula is C28H28ClN3O3S. The Bertz CT molecular complexity index is 1420. The number of nitrogens with one attached hydrogen (secondary N) is 1. The van der Waals surface area contributed by atoms with Crippen LogP contribution in [-0.4, -0.2) is 23.1 Å². The molecule has 1 aliphatic rings. The Morgan fingerprint density at radius 1 is 1.25 bits per heavy atom. The third kappa shape index (κ3) is 4.84. The van der Waals surface area contributed by atoms with Gasteiger partial charge in [0.2, 0.25) is 0 Å². The van der Waals surface area contributed by atoms with Crippen LogP contribution < -0.4 is 5.32 Å². The van der Waals surface area contributed by atoms with E-state index < -0.39 is 5.91 Å². The number of ether oxygens (including phenoxy) is 1. The molecule has 0 saturated heterocycles. The van der Waals surface area contributed by atoms with E-state index in [1.54, 1.807) is 35.6 Å². The maximum absolute atomic E-state index is 13.0. The molecule has 1 aromatic carbocycles. The highest BCUT2D eigenvalue weighted by atomic mass is 35.5. The zero-order valence-corrected chi connectivity index (χ0v) is 22.4. The van der Waals surface area contributed by atoms with Crippen LogP contribution in [0.25, 0.3) is 11.1 Å². The van der Waals surface area contributed by atoms with Gasteiger partial charge in [-0.15, -0.1) is 11.3 Å². The minimum absolute atomic E-state index is 0.0225. The highest BCUT2D eigenvalue weighted by Gasteiger charge is 2.28. The van der Waals surface area contributed by atoms with Gasteiger partial charge in [0.05, 0.1) is 12.2 Å². The fourth-order valence-corrected chi connectivity index (χ4v) is 6.27. The zero-order chi connectivity index (χ0) is 26.0. The lowest BCUT2D eigenvalue weighted by Crippen LogP contribution is -2.14. The lowest BCUT2D eigenvalue weighted by atomic mass is 9.95. The average Bonchev–Trinajstić information content (AvgIpc) is 3.36. The number of rotatable bonds is 6. The number of aryl methyl sites for hydroxylation is 2. The summed E-state index contributed by atoms with van der Waals surface area (Å²) in [6, 6.07) is 9.19. The molecule has 0 radical (unpaired) electrons. The van der Waals surface area contributed by atoms with E-state index in [-0.39, 0.29) is 11.5 Å². The number of nitrogens with zero attached hydrogens (tertiary/aromatic N) is 2. The van der Waals surface area contributed by atoms with E-state index >= 15 is 0 Å². The van der Waals surface area contributed by atoms with Crippen LogP contribution in [0.5, 0.6) is 0 Å². The molecule has 1 amide bonds. The Balaban J connectivity index is 1.74. The van der Waals surface area contributed by atoms with Gasteiger partial charge in [-0.3, -0.25) is 4.79 Å². The normalized spacial score (nSPS) is 13.2. The molecule has 8 heteroatoms. The van der Waals surface area contributed by atoms with E-state index in [4.69, 9.17) is 16.3 Å². The lowest BCUT2D eigenvalue weighted by molar-refractivity contribution is -0.112. The van der Waals surface area contributed by atoms with Crippen molar-refractivity contribution in [1.82, 2.24) is 4.57 Å². The summed E-state index contributed by atoms with van der Waals surface area (Å²) in [5.74, 6) is -0.808. The Morgan fingerprint density at radius 3 is 2.72 bits per heavy atom. The number of fused-ring (bicyclic) bond motifs is 1. The number of anilines is 1. The van der Waals surface area contributed by atoms with Gasteiger partial charge in [-0.2, -0.15) is 5.26 Å². The maximum atomic E-state index is 13.0. The number of esters is 1. The number of carbonyl (C=O) groups is 2. The molecule has 1 N–H and O–H groups in total. The number of hydrogen-bond donors (Lipinski definition) is 1. The molecule has 0 fully saturated rings. The summed E-state index contributed by atoms with van der Waals surface area (Å²) >= 11 is 7.80. The molecule has 4 rings (SSSR count). The second-order valence-electron chi connectivity index (χ2n) is 8.81. The molecule has 0 spiro atoms. The van der Waals surface area contributed by atoms with Gasteiger partial charge in [0.1, 0.15) is 16.6 Å². The van der Waals surface area contributed by atoms with Crippen molar-refractivity contribution in [2.24, 2.45) is 0 Å². The van der Waals surface area contributed by atoms with Crippen LogP contribution in [0.1, 0.15) is 63.1 Å². The third-order valence-corrected chi connectivity index (χ3v) is 8.17. The van der Waals surface area contributed by atoms with Gasteiger partial charge in [-0.1, -0.05) is 17.7 Å². The molecule has 0 unspecified atom stereocenters. The summed E-state index contributed by atoms with van der Waals surface area (Å²) in [6.07, 6.45) is 5.58. The van der Waals surface area contributed by atoms with Crippen LogP contribution in [0.4, 0.5) is 5.69 Å². The van der Waals surface area contributed by atoms with Crippen molar-refractivity contribution in [3.8, 4) is 11.1 Å². The van der Waals surface area contributed by atoms with Gasteiger partial charge in [-0.25, -0.2) is 4.79 Å². The fraction of sp³-hybridized carbons (Fsp3) is 0.321. The standard InChI is InChI=1S/C28H28ClN3O3S/c1-5-35-28(34)25-21-9-6-7-12-24(21)36-27(25)32-16(2)13-19(18(32)4)14-20(15-30)26(33)31-23-11-8-10-22(29)17(23)3/h8,10-11,13-14H,5-7,9,12H2,1-4H3,(H,31,33)/b20-14+. The lowest BCUT2D eigenvalue weighted by Gasteiger charge is -2.13. The van der Waals surface area contributed by atoms with Crippen molar-refractivity contribution in [2.75, 3.05) is 11.9 Å². The van der Waals surface area contributed by atoms with E-state index in [2.05, 4.69) is 5.32 Å². The molecule has 186 valence electrons. The van der Waals surface area contributed by atoms with Crippen LogP contribution in [0, 0.1) is 32.1 Å². The van der Waals surface area contributed by atoms with Crippen molar-refractivity contribution in [1.29, 1.82) is 5.26 Å². The fourth-order valence-electron chi connectivity index (χ4n) is 4.61. The molecule has 0 atom stereocenters. The largest absolute Gasteiger partial charge is 0.462 e. The van der Waals surface area contributed by atoms with Gasteiger partial charge in [0.25, 0.3) is 5.91 Å². The van der Waals surface area contributed by atoms with Gasteiger partial charge < -0.3 is 14.6 Å². The Labute approximate surface area is 220 Å². The number of aromatic nitrogens is 1. The number of thiophene rings is 1. The molecule has 3 aromatic rings. The van der Waals surface area contributed by atoms with Crippen molar-refractivity contribution in [2.45, 2.75) is 53.4 Å². The Morgan fingerprint density at radius 2 is 2.00 bits per heavy atom. The highest BCUT2D eigenvalue weighted by molar-refractivity contribution is 7.15. The summed E-state index contributed by atoms with van der Waals surface area (Å²) < 4.78 is 7.46. The molecule has 2 aromatic heterocycles. The topological polar surface area (TPSA) is 84.1 Å². The van der Waals surface area contributed by atoms with E-state index in [9.17, 15) is 14.9 Å². The van der Waals surface area contributed by atoms with E-state index in [0.717, 1.165) is 58.8 Å². The summed E-state index contributed by atoms with van der Waals surface area (Å²) in [6.45, 7) is 7.82. The average molecular weight is 522 g/mol. The minimum atomic E-state index is -0.508. The SMILES string of the molecule is CCOC(=O)c1c(-n2c(C)cc(/C=C(\C#N)C(=O)Nc3cccc(Cl)c3C)c2C)sc2c1CCCC2. The number of carbonyl (C=O) groups excluding carboxylic acids is 2. The second kappa shape index (κ2) is 10.7. The Kier molecular flexibility index (Phi) is 7.67. The maximum Gasteiger partial charge on any atom is 0.341 e. The monoisotopic (exact) mass is 521 g/mol. The quantitative estimate of drug-likeness (QED) is 0.222. The van der Waals surface area contributed by atoms with Gasteiger partial charge in [-0.05, 0) is 94.3 Å². The smallest absolute Gasteiger partial charge is 0.341 e. The van der Waals surface area contributed by atoms with Crippen LogP contribution in [0.2, 0.25) is 5.02 Å². The summed E-state index contributed by atoms with van der Waals surface area (Å²) in [4.78, 5) is 27.1. The molecule has 0 aliphatic heterocycles. The summed E-state index contributed by atoms with van der Waals surface area (Å²) in [5, 5.41) is 13.9. The van der Waals surface area contributed by atoms with Crippen molar-refractivity contribution in [3.63, 3.8) is 0 Å². The molecule has 0 saturated carbocycles. The Hall–Kier alpha value is -3.34. The van der Waals surface area contributed by atoms with Crippen molar-refractivity contribution in [3.05, 3.63) is 73.4 Å². The zero-order valence-electron chi connectivity index (χ0n) is 20.8. The first kappa shape index (κ1) is 25.7. The van der Waals surface area contributed by atoms with Gasteiger partial charge in [0, 0.05) is 27.0 Å². The van der Waals surface area contributed by atoms with Gasteiger partial charge >= 0.3 is 5.97 Å². The first-order chi connectivity index (χ1) is 17.3. The second-order valence-corrected chi connectivity index (χ2v) is 10.3. The molecular weight excluding hydrogens is 494 g/mol. The van der Waals surface area contributed by atoms with Crippen molar-refractivity contribution >= 4 is 46.6 Å². The molecule has 2 heterocycles. The number of benzene rings is 1. The van der Waals surface area contributed by atoms with Crippen LogP contribution in [0.3, 0.4) is 0 Å². The molecule has 1 aliphatic carbocycles. The molecule has 0 bridgehead atoms.